The topological polar surface area (TPSA) is 179 Å². The SMILES string of the molecule is CCCCOc1ccc(C=O)cc1.NCCC[C@H](N)C(=O)O.NCCc1ccccc1.O=C(O)Cc1ccccc1. The molecule has 224 valence electrons. The molecule has 0 spiro atoms. The van der Waals surface area contributed by atoms with Crippen molar-refractivity contribution in [3.63, 3.8) is 0 Å². The second-order valence-corrected chi connectivity index (χ2v) is 8.84. The third-order valence-electron chi connectivity index (χ3n) is 5.29. The minimum atomic E-state index is -0.955. The van der Waals surface area contributed by atoms with Crippen LogP contribution in [0, 0.1) is 0 Å². The highest BCUT2D eigenvalue weighted by atomic mass is 16.5. The molecule has 9 nitrogen and oxygen atoms in total. The van der Waals surface area contributed by atoms with Gasteiger partial charge in [-0.15, -0.1) is 0 Å². The van der Waals surface area contributed by atoms with Gasteiger partial charge >= 0.3 is 11.9 Å². The van der Waals surface area contributed by atoms with E-state index in [1.54, 1.807) is 24.3 Å². The smallest absolute Gasteiger partial charge is 0.320 e. The maximum atomic E-state index is 10.3. The maximum Gasteiger partial charge on any atom is 0.320 e. The molecule has 3 rings (SSSR count). The van der Waals surface area contributed by atoms with Crippen LogP contribution in [0.2, 0.25) is 0 Å². The van der Waals surface area contributed by atoms with Crippen LogP contribution in [0.4, 0.5) is 0 Å². The highest BCUT2D eigenvalue weighted by Gasteiger charge is 2.08. The minimum absolute atomic E-state index is 0.112. The van der Waals surface area contributed by atoms with E-state index in [1.165, 1.54) is 5.56 Å². The molecule has 8 N–H and O–H groups in total. The van der Waals surface area contributed by atoms with Crippen LogP contribution < -0.4 is 21.9 Å². The van der Waals surface area contributed by atoms with Crippen molar-refractivity contribution in [3.05, 3.63) is 102 Å². The molecule has 0 aliphatic heterocycles. The van der Waals surface area contributed by atoms with Crippen LogP contribution in [-0.4, -0.2) is 54.2 Å². The van der Waals surface area contributed by atoms with Gasteiger partial charge in [-0.2, -0.15) is 0 Å². The van der Waals surface area contributed by atoms with E-state index in [1.807, 2.05) is 48.5 Å². The molecule has 0 unspecified atom stereocenters. The monoisotopic (exact) mass is 567 g/mol. The lowest BCUT2D eigenvalue weighted by atomic mass is 10.2. The zero-order valence-corrected chi connectivity index (χ0v) is 23.9. The Morgan fingerprint density at radius 3 is 1.83 bits per heavy atom. The molecule has 3 aromatic rings. The van der Waals surface area contributed by atoms with Crippen LogP contribution in [-0.2, 0) is 22.4 Å². The maximum absolute atomic E-state index is 10.3. The summed E-state index contributed by atoms with van der Waals surface area (Å²) in [6, 6.07) is 25.8. The van der Waals surface area contributed by atoms with Gasteiger partial charge in [0.2, 0.25) is 0 Å². The van der Waals surface area contributed by atoms with Crippen LogP contribution >= 0.6 is 0 Å². The minimum Gasteiger partial charge on any atom is -0.494 e. The van der Waals surface area contributed by atoms with E-state index in [2.05, 4.69) is 19.1 Å². The van der Waals surface area contributed by atoms with Crippen molar-refractivity contribution in [2.45, 2.75) is 51.5 Å². The quantitative estimate of drug-likeness (QED) is 0.148. The van der Waals surface area contributed by atoms with Crippen LogP contribution in [0.3, 0.4) is 0 Å². The number of carboxylic acids is 2. The number of hydrogen-bond donors (Lipinski definition) is 5. The summed E-state index contributed by atoms with van der Waals surface area (Å²) in [5, 5.41) is 16.6. The largest absolute Gasteiger partial charge is 0.494 e. The number of benzene rings is 3. The number of carbonyl (C=O) groups is 3. The van der Waals surface area contributed by atoms with Crippen LogP contribution in [0.15, 0.2) is 84.9 Å². The third kappa shape index (κ3) is 21.5. The van der Waals surface area contributed by atoms with Crippen LogP contribution in [0.5, 0.6) is 5.75 Å². The molecule has 9 heteroatoms. The standard InChI is InChI=1S/C11H14O2.C8H11N.C8H8O2.C5H12N2O2/c1-2-3-8-13-11-6-4-10(9-12)5-7-11;9-7-6-8-4-2-1-3-5-8;9-8(10)6-7-4-2-1-3-5-7;6-3-1-2-4(7)5(8)9/h4-7,9H,2-3,8H2,1H3;1-5H,6-7,9H2;1-5H,6H2,(H,9,10);4H,1-3,6-7H2,(H,8,9)/t;;;4-/m...0/s1. The summed E-state index contributed by atoms with van der Waals surface area (Å²) in [4.78, 5) is 30.5. The normalized spacial score (nSPS) is 10.2. The number of aldehydes is 1. The van der Waals surface area contributed by atoms with Gasteiger partial charge in [0.15, 0.2) is 0 Å². The van der Waals surface area contributed by atoms with E-state index in [9.17, 15) is 14.4 Å². The highest BCUT2D eigenvalue weighted by Crippen LogP contribution is 2.11. The molecule has 1 atom stereocenters. The van der Waals surface area contributed by atoms with Gasteiger partial charge in [-0.05, 0) is 74.2 Å². The number of carbonyl (C=O) groups excluding carboxylic acids is 1. The lowest BCUT2D eigenvalue weighted by Gasteiger charge is -2.04. The van der Waals surface area contributed by atoms with Gasteiger partial charge in [0.1, 0.15) is 18.1 Å². The van der Waals surface area contributed by atoms with Crippen molar-refractivity contribution in [1.29, 1.82) is 0 Å². The predicted molar refractivity (Wildman–Crippen MR) is 163 cm³/mol. The number of aliphatic carboxylic acids is 2. The Morgan fingerprint density at radius 1 is 0.829 bits per heavy atom. The first kappa shape index (κ1) is 37.0. The fourth-order valence-electron chi connectivity index (χ4n) is 3.02. The van der Waals surface area contributed by atoms with E-state index in [0.29, 0.717) is 24.9 Å². The summed E-state index contributed by atoms with van der Waals surface area (Å²) < 4.78 is 5.43. The molecule has 0 heterocycles. The first-order valence-electron chi connectivity index (χ1n) is 13.6. The molecule has 0 saturated heterocycles. The molecule has 3 aromatic carbocycles. The zero-order chi connectivity index (χ0) is 30.7. The van der Waals surface area contributed by atoms with Crippen LogP contribution in [0.25, 0.3) is 0 Å². The molecular weight excluding hydrogens is 522 g/mol. The number of nitrogens with two attached hydrogens (primary N) is 3. The molecular formula is C32H45N3O6. The molecule has 0 bridgehead atoms. The lowest BCUT2D eigenvalue weighted by Crippen LogP contribution is -2.30. The van der Waals surface area contributed by atoms with E-state index in [-0.39, 0.29) is 6.42 Å². The van der Waals surface area contributed by atoms with Gasteiger partial charge in [0.25, 0.3) is 0 Å². The molecule has 0 aliphatic rings. The number of carboxylic acid groups (broad SMARTS) is 2. The van der Waals surface area contributed by atoms with Crippen molar-refractivity contribution in [1.82, 2.24) is 0 Å². The zero-order valence-electron chi connectivity index (χ0n) is 23.9. The van der Waals surface area contributed by atoms with Crippen molar-refractivity contribution in [3.8, 4) is 5.75 Å². The Hall–Kier alpha value is -4.05. The first-order chi connectivity index (χ1) is 19.8. The summed E-state index contributed by atoms with van der Waals surface area (Å²) in [6.07, 6.45) is 5.26. The lowest BCUT2D eigenvalue weighted by molar-refractivity contribution is -0.139. The number of unbranched alkanes of at least 4 members (excludes halogenated alkanes) is 1. The van der Waals surface area contributed by atoms with E-state index in [4.69, 9.17) is 32.2 Å². The van der Waals surface area contributed by atoms with Crippen molar-refractivity contribution in [2.24, 2.45) is 17.2 Å². The number of rotatable bonds is 13. The molecule has 0 fully saturated rings. The Balaban J connectivity index is 0.000000527. The van der Waals surface area contributed by atoms with Gasteiger partial charge < -0.3 is 32.2 Å². The Morgan fingerprint density at radius 2 is 1.39 bits per heavy atom. The highest BCUT2D eigenvalue weighted by molar-refractivity contribution is 5.74. The Labute approximate surface area is 243 Å². The van der Waals surface area contributed by atoms with Crippen LogP contribution in [0.1, 0.15) is 54.1 Å². The molecule has 0 saturated carbocycles. The summed E-state index contributed by atoms with van der Waals surface area (Å²) in [6.45, 7) is 4.11. The predicted octanol–water partition coefficient (Wildman–Crippen LogP) is 4.32. The summed E-state index contributed by atoms with van der Waals surface area (Å²) in [7, 11) is 0. The second kappa shape index (κ2) is 25.0. The van der Waals surface area contributed by atoms with Gasteiger partial charge in [-0.3, -0.25) is 14.4 Å². The van der Waals surface area contributed by atoms with Gasteiger partial charge in [0, 0.05) is 5.56 Å². The molecule has 41 heavy (non-hydrogen) atoms. The fourth-order valence-corrected chi connectivity index (χ4v) is 3.02. The number of ether oxygens (including phenoxy) is 1. The van der Waals surface area contributed by atoms with Gasteiger partial charge in [-0.1, -0.05) is 74.0 Å². The average Bonchev–Trinajstić information content (AvgIpc) is 2.98. The van der Waals surface area contributed by atoms with Crippen molar-refractivity contribution in [2.75, 3.05) is 19.7 Å². The van der Waals surface area contributed by atoms with Gasteiger partial charge in [-0.25, -0.2) is 0 Å². The fraction of sp³-hybridized carbons (Fsp3) is 0.344. The van der Waals surface area contributed by atoms with Crippen molar-refractivity contribution >= 4 is 18.2 Å². The third-order valence-corrected chi connectivity index (χ3v) is 5.29. The summed E-state index contributed by atoms with van der Waals surface area (Å²) in [5.41, 5.74) is 18.5. The molecule has 0 aliphatic carbocycles. The Bertz CT molecular complexity index is 1060. The first-order valence-corrected chi connectivity index (χ1v) is 13.6. The second-order valence-electron chi connectivity index (χ2n) is 8.84. The number of hydrogen-bond acceptors (Lipinski definition) is 7. The average molecular weight is 568 g/mol. The summed E-state index contributed by atoms with van der Waals surface area (Å²) in [5.74, 6) is -0.909. The Kier molecular flexibility index (Phi) is 22.5. The molecule has 0 amide bonds. The van der Waals surface area contributed by atoms with Crippen molar-refractivity contribution < 1.29 is 29.3 Å². The summed E-state index contributed by atoms with van der Waals surface area (Å²) >= 11 is 0. The van der Waals surface area contributed by atoms with Gasteiger partial charge in [0.05, 0.1) is 13.0 Å². The van der Waals surface area contributed by atoms with E-state index < -0.39 is 18.0 Å². The molecule has 0 aromatic heterocycles. The molecule has 0 radical (unpaired) electrons. The van der Waals surface area contributed by atoms with E-state index in [0.717, 1.165) is 50.0 Å². The van der Waals surface area contributed by atoms with E-state index >= 15 is 0 Å².